The molecule has 4 rings (SSSR count). The fourth-order valence-corrected chi connectivity index (χ4v) is 3.58. The van der Waals surface area contributed by atoms with Crippen LogP contribution in [0.2, 0.25) is 0 Å². The van der Waals surface area contributed by atoms with E-state index < -0.39 is 55.7 Å². The highest BCUT2D eigenvalue weighted by molar-refractivity contribution is 5.89. The van der Waals surface area contributed by atoms with Gasteiger partial charge in [-0.2, -0.15) is 0 Å². The van der Waals surface area contributed by atoms with Crippen LogP contribution < -0.4 is 15.3 Å². The van der Waals surface area contributed by atoms with Gasteiger partial charge < -0.3 is 43.8 Å². The van der Waals surface area contributed by atoms with Crippen LogP contribution in [-0.2, 0) is 19.1 Å². The lowest BCUT2D eigenvalue weighted by Crippen LogP contribution is -2.60. The number of benzene rings is 2. The predicted octanol–water partition coefficient (Wildman–Crippen LogP) is -0.670. The van der Waals surface area contributed by atoms with Crippen LogP contribution in [0.1, 0.15) is 6.42 Å². The maximum atomic E-state index is 12.5. The standard InChI is InChI=1S/C24H22O11/c25-15-9-16(12-4-2-1-3-5-12)34-17-8-13(6-7-14(15)17)33-24-23(31)22(30)21(29)18(35-24)11-32-20(28)10-19(26)27/h1-9,18,21-24,29-31H,10-11H2,(H,26,27)/p-1/t18-,21-,22+,23-,24?/m1/s1. The normalized spacial score (nSPS) is 24.1. The van der Waals surface area contributed by atoms with Gasteiger partial charge in [-0.15, -0.1) is 0 Å². The maximum absolute atomic E-state index is 12.5. The van der Waals surface area contributed by atoms with Gasteiger partial charge in [0, 0.05) is 17.7 Å². The van der Waals surface area contributed by atoms with Crippen molar-refractivity contribution < 1.29 is 48.6 Å². The predicted molar refractivity (Wildman–Crippen MR) is 116 cm³/mol. The lowest BCUT2D eigenvalue weighted by Gasteiger charge is -2.39. The van der Waals surface area contributed by atoms with Gasteiger partial charge >= 0.3 is 5.97 Å². The molecule has 1 fully saturated rings. The van der Waals surface area contributed by atoms with Gasteiger partial charge in [-0.3, -0.25) is 9.59 Å². The second-order valence-corrected chi connectivity index (χ2v) is 7.86. The van der Waals surface area contributed by atoms with E-state index in [1.165, 1.54) is 24.3 Å². The zero-order valence-corrected chi connectivity index (χ0v) is 18.1. The average molecular weight is 485 g/mol. The first-order valence-corrected chi connectivity index (χ1v) is 10.6. The van der Waals surface area contributed by atoms with E-state index in [2.05, 4.69) is 0 Å². The topological polar surface area (TPSA) is 176 Å². The number of carbonyl (C=O) groups excluding carboxylic acids is 2. The number of rotatable bonds is 7. The maximum Gasteiger partial charge on any atom is 0.311 e. The molecule has 2 heterocycles. The van der Waals surface area contributed by atoms with Crippen molar-refractivity contribution in [3.63, 3.8) is 0 Å². The van der Waals surface area contributed by atoms with Gasteiger partial charge in [0.05, 0.1) is 17.8 Å². The molecule has 0 aliphatic carbocycles. The number of carboxylic acid groups (broad SMARTS) is 1. The fourth-order valence-electron chi connectivity index (χ4n) is 3.58. The first-order chi connectivity index (χ1) is 16.7. The highest BCUT2D eigenvalue weighted by Crippen LogP contribution is 2.28. The van der Waals surface area contributed by atoms with Crippen LogP contribution in [-0.4, -0.2) is 64.6 Å². The first kappa shape index (κ1) is 24.4. The molecule has 0 amide bonds. The summed E-state index contributed by atoms with van der Waals surface area (Å²) in [4.78, 5) is 34.5. The smallest absolute Gasteiger partial charge is 0.311 e. The van der Waals surface area contributed by atoms with Gasteiger partial charge in [0.2, 0.25) is 6.29 Å². The Bertz CT molecular complexity index is 1270. The van der Waals surface area contributed by atoms with Crippen LogP contribution in [0.25, 0.3) is 22.3 Å². The van der Waals surface area contributed by atoms with Gasteiger partial charge in [-0.1, -0.05) is 30.3 Å². The van der Waals surface area contributed by atoms with Gasteiger partial charge in [0.1, 0.15) is 48.1 Å². The lowest BCUT2D eigenvalue weighted by molar-refractivity contribution is -0.305. The van der Waals surface area contributed by atoms with Gasteiger partial charge in [0.15, 0.2) is 5.43 Å². The molecule has 1 saturated heterocycles. The summed E-state index contributed by atoms with van der Waals surface area (Å²) in [5.41, 5.74) is 0.618. The van der Waals surface area contributed by atoms with Crippen molar-refractivity contribution in [2.45, 2.75) is 37.1 Å². The Balaban J connectivity index is 1.54. The Morgan fingerprint density at radius 3 is 2.43 bits per heavy atom. The minimum absolute atomic E-state index is 0.117. The molecule has 1 unspecified atom stereocenters. The summed E-state index contributed by atoms with van der Waals surface area (Å²) in [6.07, 6.45) is -8.88. The minimum atomic E-state index is -1.72. The van der Waals surface area contributed by atoms with Crippen LogP contribution in [0.4, 0.5) is 0 Å². The summed E-state index contributed by atoms with van der Waals surface area (Å²) in [5.74, 6) is -2.31. The molecule has 3 aromatic rings. The number of ether oxygens (including phenoxy) is 3. The molecule has 1 aliphatic rings. The first-order valence-electron chi connectivity index (χ1n) is 10.6. The zero-order chi connectivity index (χ0) is 25.1. The van der Waals surface area contributed by atoms with Gasteiger partial charge in [-0.05, 0) is 12.1 Å². The average Bonchev–Trinajstić information content (AvgIpc) is 2.83. The van der Waals surface area contributed by atoms with Crippen molar-refractivity contribution in [2.75, 3.05) is 6.61 Å². The molecule has 0 spiro atoms. The number of fused-ring (bicyclic) bond motifs is 1. The summed E-state index contributed by atoms with van der Waals surface area (Å²) in [5, 5.41) is 41.4. The molecule has 35 heavy (non-hydrogen) atoms. The van der Waals surface area contributed by atoms with Crippen LogP contribution in [0.5, 0.6) is 5.75 Å². The number of aliphatic hydroxyl groups is 3. The van der Waals surface area contributed by atoms with Crippen molar-refractivity contribution >= 4 is 22.9 Å². The van der Waals surface area contributed by atoms with Crippen molar-refractivity contribution in [2.24, 2.45) is 0 Å². The van der Waals surface area contributed by atoms with E-state index in [-0.39, 0.29) is 22.1 Å². The van der Waals surface area contributed by atoms with Crippen LogP contribution in [0, 0.1) is 0 Å². The second-order valence-electron chi connectivity index (χ2n) is 7.86. The molecule has 3 N–H and O–H groups in total. The quantitative estimate of drug-likeness (QED) is 0.286. The molecule has 184 valence electrons. The van der Waals surface area contributed by atoms with E-state index >= 15 is 0 Å². The summed E-state index contributed by atoms with van der Waals surface area (Å²) < 4.78 is 21.7. The molecule has 2 aromatic carbocycles. The molecule has 0 bridgehead atoms. The van der Waals surface area contributed by atoms with E-state index in [9.17, 15) is 34.8 Å². The SMILES string of the molecule is O=C([O-])CC(=O)OC[C@H]1OC(Oc2ccc3c(=O)cc(-c4ccccc4)oc3c2)[C@H](O)[C@@H](O)[C@@H]1O. The largest absolute Gasteiger partial charge is 0.550 e. The van der Waals surface area contributed by atoms with Gasteiger partial charge in [-0.25, -0.2) is 0 Å². The lowest BCUT2D eigenvalue weighted by atomic mass is 9.99. The van der Waals surface area contributed by atoms with E-state index in [0.717, 1.165) is 0 Å². The number of hydrogen-bond acceptors (Lipinski definition) is 11. The van der Waals surface area contributed by atoms with Crippen LogP contribution in [0.3, 0.4) is 0 Å². The number of carbonyl (C=O) groups is 2. The Hall–Kier alpha value is -3.77. The molecular weight excluding hydrogens is 464 g/mol. The number of hydrogen-bond donors (Lipinski definition) is 3. The van der Waals surface area contributed by atoms with E-state index in [4.69, 9.17) is 18.6 Å². The molecular formula is C24H21O11-. The molecule has 5 atom stereocenters. The summed E-state index contributed by atoms with van der Waals surface area (Å²) in [7, 11) is 0. The Labute approximate surface area is 197 Å². The highest BCUT2D eigenvalue weighted by Gasteiger charge is 2.45. The third-order valence-corrected chi connectivity index (χ3v) is 5.38. The van der Waals surface area contributed by atoms with Crippen LogP contribution in [0.15, 0.2) is 63.8 Å². The number of aliphatic hydroxyl groups excluding tert-OH is 3. The van der Waals surface area contributed by atoms with Gasteiger partial charge in [0.25, 0.3) is 0 Å². The molecule has 11 nitrogen and oxygen atoms in total. The Kier molecular flexibility index (Phi) is 7.12. The number of aliphatic carboxylic acids is 1. The minimum Gasteiger partial charge on any atom is -0.550 e. The molecule has 1 aliphatic heterocycles. The van der Waals surface area contributed by atoms with E-state index in [1.54, 1.807) is 24.3 Å². The summed E-state index contributed by atoms with van der Waals surface area (Å²) in [6, 6.07) is 14.7. The second kappa shape index (κ2) is 10.2. The highest BCUT2D eigenvalue weighted by atomic mass is 16.7. The summed E-state index contributed by atoms with van der Waals surface area (Å²) >= 11 is 0. The third kappa shape index (κ3) is 5.49. The summed E-state index contributed by atoms with van der Waals surface area (Å²) in [6.45, 7) is -0.607. The number of esters is 1. The van der Waals surface area contributed by atoms with Crippen LogP contribution >= 0.6 is 0 Å². The van der Waals surface area contributed by atoms with E-state index in [0.29, 0.717) is 11.3 Å². The van der Waals surface area contributed by atoms with Crippen molar-refractivity contribution in [1.29, 1.82) is 0 Å². The molecule has 11 heteroatoms. The number of carboxylic acids is 1. The monoisotopic (exact) mass is 485 g/mol. The molecule has 0 radical (unpaired) electrons. The van der Waals surface area contributed by atoms with E-state index in [1.807, 2.05) is 6.07 Å². The fraction of sp³-hybridized carbons (Fsp3) is 0.292. The van der Waals surface area contributed by atoms with Crippen molar-refractivity contribution in [1.82, 2.24) is 0 Å². The van der Waals surface area contributed by atoms with Crippen molar-refractivity contribution in [3.05, 3.63) is 64.8 Å². The molecule has 1 aromatic heterocycles. The molecule has 0 saturated carbocycles. The zero-order valence-electron chi connectivity index (χ0n) is 18.1. The Morgan fingerprint density at radius 1 is 0.971 bits per heavy atom. The third-order valence-electron chi connectivity index (χ3n) is 5.38. The van der Waals surface area contributed by atoms with Crippen molar-refractivity contribution in [3.8, 4) is 17.1 Å². The Morgan fingerprint density at radius 2 is 1.71 bits per heavy atom.